The molecule has 0 saturated carbocycles. The Labute approximate surface area is 91.8 Å². The normalized spacial score (nSPS) is 11.3. The maximum absolute atomic E-state index is 5.65. The fourth-order valence-corrected chi connectivity index (χ4v) is 1.45. The Bertz CT molecular complexity index is 292. The van der Waals surface area contributed by atoms with Crippen LogP contribution in [0, 0.1) is 12.8 Å². The molecule has 3 heteroatoms. The van der Waals surface area contributed by atoms with Crippen molar-refractivity contribution in [1.29, 1.82) is 0 Å². The summed E-state index contributed by atoms with van der Waals surface area (Å²) in [4.78, 5) is 0. The van der Waals surface area contributed by atoms with Crippen LogP contribution in [0.1, 0.15) is 30.9 Å². The molecule has 0 atom stereocenters. The molecule has 0 aliphatic rings. The molecule has 3 nitrogen and oxygen atoms in total. The van der Waals surface area contributed by atoms with Crippen LogP contribution in [0.3, 0.4) is 0 Å². The SMILES string of the molecule is COCc1cc(C)c(CNCC(C)C)o1. The lowest BCUT2D eigenvalue weighted by Crippen LogP contribution is -2.18. The van der Waals surface area contributed by atoms with Crippen LogP contribution in [-0.2, 0) is 17.9 Å². The number of aryl methyl sites for hydroxylation is 1. The van der Waals surface area contributed by atoms with Gasteiger partial charge in [-0.2, -0.15) is 0 Å². The van der Waals surface area contributed by atoms with Gasteiger partial charge < -0.3 is 14.5 Å². The van der Waals surface area contributed by atoms with Crippen LogP contribution >= 0.6 is 0 Å². The molecule has 0 aromatic carbocycles. The van der Waals surface area contributed by atoms with Gasteiger partial charge in [-0.25, -0.2) is 0 Å². The molecule has 0 fully saturated rings. The summed E-state index contributed by atoms with van der Waals surface area (Å²) in [6.07, 6.45) is 0. The van der Waals surface area contributed by atoms with Crippen molar-refractivity contribution >= 4 is 0 Å². The lowest BCUT2D eigenvalue weighted by Gasteiger charge is -2.05. The molecule has 0 bridgehead atoms. The van der Waals surface area contributed by atoms with Crippen molar-refractivity contribution < 1.29 is 9.15 Å². The van der Waals surface area contributed by atoms with Gasteiger partial charge >= 0.3 is 0 Å². The first-order valence-corrected chi connectivity index (χ1v) is 5.41. The minimum atomic E-state index is 0.547. The van der Waals surface area contributed by atoms with Gasteiger partial charge in [-0.3, -0.25) is 0 Å². The maximum Gasteiger partial charge on any atom is 0.130 e. The van der Waals surface area contributed by atoms with Crippen LogP contribution in [0.4, 0.5) is 0 Å². The molecular weight excluding hydrogens is 190 g/mol. The van der Waals surface area contributed by atoms with Crippen LogP contribution < -0.4 is 5.32 Å². The first-order chi connectivity index (χ1) is 7.13. The molecular formula is C12H21NO2. The average Bonchev–Trinajstić information content (AvgIpc) is 2.47. The van der Waals surface area contributed by atoms with Crippen LogP contribution in [0.5, 0.6) is 0 Å². The van der Waals surface area contributed by atoms with Crippen molar-refractivity contribution in [2.45, 2.75) is 33.9 Å². The molecule has 0 amide bonds. The second kappa shape index (κ2) is 5.93. The molecule has 1 aromatic rings. The summed E-state index contributed by atoms with van der Waals surface area (Å²) in [7, 11) is 1.68. The van der Waals surface area contributed by atoms with E-state index in [9.17, 15) is 0 Å². The topological polar surface area (TPSA) is 34.4 Å². The quantitative estimate of drug-likeness (QED) is 0.785. The minimum absolute atomic E-state index is 0.547. The van der Waals surface area contributed by atoms with Crippen LogP contribution in [0.2, 0.25) is 0 Å². The van der Waals surface area contributed by atoms with Crippen LogP contribution in [-0.4, -0.2) is 13.7 Å². The van der Waals surface area contributed by atoms with Crippen molar-refractivity contribution in [1.82, 2.24) is 5.32 Å². The van der Waals surface area contributed by atoms with Gasteiger partial charge in [0.1, 0.15) is 18.1 Å². The Balaban J connectivity index is 2.46. The molecule has 1 rings (SSSR count). The fourth-order valence-electron chi connectivity index (χ4n) is 1.45. The number of methoxy groups -OCH3 is 1. The Kier molecular flexibility index (Phi) is 4.85. The third-order valence-corrected chi connectivity index (χ3v) is 2.20. The molecule has 0 unspecified atom stereocenters. The highest BCUT2D eigenvalue weighted by molar-refractivity contribution is 5.19. The van der Waals surface area contributed by atoms with Crippen molar-refractivity contribution in [2.75, 3.05) is 13.7 Å². The van der Waals surface area contributed by atoms with Gasteiger partial charge in [0.25, 0.3) is 0 Å². The number of ether oxygens (including phenoxy) is 1. The number of hydrogen-bond donors (Lipinski definition) is 1. The maximum atomic E-state index is 5.65. The van der Waals surface area contributed by atoms with Crippen molar-refractivity contribution in [2.24, 2.45) is 5.92 Å². The zero-order valence-corrected chi connectivity index (χ0v) is 10.1. The second-order valence-corrected chi connectivity index (χ2v) is 4.28. The molecule has 1 aromatic heterocycles. The molecule has 0 aliphatic heterocycles. The first kappa shape index (κ1) is 12.3. The summed E-state index contributed by atoms with van der Waals surface area (Å²) in [6.45, 7) is 8.81. The van der Waals surface area contributed by atoms with Gasteiger partial charge in [0.15, 0.2) is 0 Å². The van der Waals surface area contributed by atoms with E-state index in [-0.39, 0.29) is 0 Å². The zero-order valence-electron chi connectivity index (χ0n) is 10.1. The Hall–Kier alpha value is -0.800. The lowest BCUT2D eigenvalue weighted by molar-refractivity contribution is 0.162. The summed E-state index contributed by atoms with van der Waals surface area (Å²) >= 11 is 0. The van der Waals surface area contributed by atoms with E-state index in [0.29, 0.717) is 12.5 Å². The predicted molar refractivity (Wildman–Crippen MR) is 60.7 cm³/mol. The molecule has 86 valence electrons. The number of hydrogen-bond acceptors (Lipinski definition) is 3. The van der Waals surface area contributed by atoms with Gasteiger partial charge in [-0.05, 0) is 31.0 Å². The largest absolute Gasteiger partial charge is 0.462 e. The Morgan fingerprint density at radius 2 is 2.20 bits per heavy atom. The van der Waals surface area contributed by atoms with Gasteiger partial charge in [0, 0.05) is 7.11 Å². The Morgan fingerprint density at radius 3 is 2.80 bits per heavy atom. The van der Waals surface area contributed by atoms with Gasteiger partial charge in [-0.1, -0.05) is 13.8 Å². The van der Waals surface area contributed by atoms with Crippen molar-refractivity contribution in [3.8, 4) is 0 Å². The number of furan rings is 1. The van der Waals surface area contributed by atoms with Gasteiger partial charge in [-0.15, -0.1) is 0 Å². The van der Waals surface area contributed by atoms with E-state index in [2.05, 4.69) is 26.1 Å². The molecule has 1 heterocycles. The van der Waals surface area contributed by atoms with Crippen LogP contribution in [0.15, 0.2) is 10.5 Å². The minimum Gasteiger partial charge on any atom is -0.462 e. The van der Waals surface area contributed by atoms with Gasteiger partial charge in [0.2, 0.25) is 0 Å². The molecule has 0 aliphatic carbocycles. The van der Waals surface area contributed by atoms with Crippen molar-refractivity contribution in [3.63, 3.8) is 0 Å². The van der Waals surface area contributed by atoms with E-state index in [4.69, 9.17) is 9.15 Å². The first-order valence-electron chi connectivity index (χ1n) is 5.41. The average molecular weight is 211 g/mol. The van der Waals surface area contributed by atoms with E-state index in [0.717, 1.165) is 24.6 Å². The second-order valence-electron chi connectivity index (χ2n) is 4.28. The van der Waals surface area contributed by atoms with E-state index in [1.807, 2.05) is 6.07 Å². The van der Waals surface area contributed by atoms with Crippen LogP contribution in [0.25, 0.3) is 0 Å². The van der Waals surface area contributed by atoms with E-state index in [1.165, 1.54) is 5.56 Å². The summed E-state index contributed by atoms with van der Waals surface area (Å²) in [5.74, 6) is 2.58. The number of rotatable bonds is 6. The van der Waals surface area contributed by atoms with E-state index < -0.39 is 0 Å². The lowest BCUT2D eigenvalue weighted by atomic mass is 10.2. The van der Waals surface area contributed by atoms with E-state index in [1.54, 1.807) is 7.11 Å². The summed E-state index contributed by atoms with van der Waals surface area (Å²) in [5, 5.41) is 3.36. The highest BCUT2D eigenvalue weighted by Gasteiger charge is 2.06. The molecule has 0 saturated heterocycles. The van der Waals surface area contributed by atoms with E-state index >= 15 is 0 Å². The summed E-state index contributed by atoms with van der Waals surface area (Å²) < 4.78 is 10.7. The molecule has 0 radical (unpaired) electrons. The predicted octanol–water partition coefficient (Wildman–Crippen LogP) is 2.48. The third-order valence-electron chi connectivity index (χ3n) is 2.20. The highest BCUT2D eigenvalue weighted by Crippen LogP contribution is 2.15. The summed E-state index contributed by atoms with van der Waals surface area (Å²) in [6, 6.07) is 2.04. The molecule has 15 heavy (non-hydrogen) atoms. The van der Waals surface area contributed by atoms with Crippen molar-refractivity contribution in [3.05, 3.63) is 23.2 Å². The smallest absolute Gasteiger partial charge is 0.130 e. The fraction of sp³-hybridized carbons (Fsp3) is 0.667. The monoisotopic (exact) mass is 211 g/mol. The highest BCUT2D eigenvalue weighted by atomic mass is 16.5. The Morgan fingerprint density at radius 1 is 1.47 bits per heavy atom. The number of nitrogens with one attached hydrogen (secondary N) is 1. The molecule has 1 N–H and O–H groups in total. The standard InChI is InChI=1S/C12H21NO2/c1-9(2)6-13-7-12-10(3)5-11(15-12)8-14-4/h5,9,13H,6-8H2,1-4H3. The third kappa shape index (κ3) is 4.06. The molecule has 0 spiro atoms. The zero-order chi connectivity index (χ0) is 11.3. The summed E-state index contributed by atoms with van der Waals surface area (Å²) in [5.41, 5.74) is 1.19. The van der Waals surface area contributed by atoms with Gasteiger partial charge in [0.05, 0.1) is 6.54 Å².